The fourth-order valence-corrected chi connectivity index (χ4v) is 3.91. The van der Waals surface area contributed by atoms with Gasteiger partial charge in [-0.15, -0.1) is 0 Å². The SMILES string of the molecule is CC(=O)c1cccc(NC(=O)[C@H](CC(C)C)NS(=O)(=O)c2ccc(C)cc2)c1. The molecule has 0 aromatic heterocycles. The summed E-state index contributed by atoms with van der Waals surface area (Å²) in [6.45, 7) is 7.14. The number of hydrogen-bond donors (Lipinski definition) is 2. The number of benzene rings is 2. The summed E-state index contributed by atoms with van der Waals surface area (Å²) in [5.74, 6) is -0.486. The van der Waals surface area contributed by atoms with Gasteiger partial charge in [-0.05, 0) is 50.5 Å². The third-order valence-electron chi connectivity index (χ3n) is 4.19. The fourth-order valence-electron chi connectivity index (χ4n) is 2.70. The molecule has 0 bridgehead atoms. The first-order valence-electron chi connectivity index (χ1n) is 9.09. The third-order valence-corrected chi connectivity index (χ3v) is 5.68. The molecule has 0 aliphatic heterocycles. The van der Waals surface area contributed by atoms with Gasteiger partial charge in [0.15, 0.2) is 5.78 Å². The Morgan fingerprint density at radius 3 is 2.25 bits per heavy atom. The van der Waals surface area contributed by atoms with Gasteiger partial charge in [-0.2, -0.15) is 4.72 Å². The largest absolute Gasteiger partial charge is 0.325 e. The molecule has 7 heteroatoms. The molecule has 2 rings (SSSR count). The van der Waals surface area contributed by atoms with Crippen molar-refractivity contribution in [1.82, 2.24) is 4.72 Å². The predicted octanol–water partition coefficient (Wildman–Crippen LogP) is 3.53. The van der Waals surface area contributed by atoms with Gasteiger partial charge in [0, 0.05) is 11.3 Å². The number of amides is 1. The number of Topliss-reactive ketones (excluding diaryl/α,β-unsaturated/α-hetero) is 1. The van der Waals surface area contributed by atoms with Gasteiger partial charge < -0.3 is 5.32 Å². The molecule has 2 aromatic carbocycles. The van der Waals surface area contributed by atoms with Crippen LogP contribution in [0.4, 0.5) is 5.69 Å². The van der Waals surface area contributed by atoms with Crippen molar-refractivity contribution in [2.24, 2.45) is 5.92 Å². The van der Waals surface area contributed by atoms with Crippen molar-refractivity contribution in [2.75, 3.05) is 5.32 Å². The van der Waals surface area contributed by atoms with Crippen LogP contribution in [0.25, 0.3) is 0 Å². The zero-order valence-corrected chi connectivity index (χ0v) is 17.3. The molecule has 2 N–H and O–H groups in total. The Morgan fingerprint density at radius 2 is 1.68 bits per heavy atom. The third kappa shape index (κ3) is 6.00. The molecule has 1 amide bonds. The average molecular weight is 403 g/mol. The second-order valence-electron chi connectivity index (χ2n) is 7.24. The molecule has 0 radical (unpaired) electrons. The number of carbonyl (C=O) groups excluding carboxylic acids is 2. The summed E-state index contributed by atoms with van der Waals surface area (Å²) in [6, 6.07) is 12.1. The van der Waals surface area contributed by atoms with Crippen LogP contribution in [0.3, 0.4) is 0 Å². The minimum absolute atomic E-state index is 0.0972. The highest BCUT2D eigenvalue weighted by Crippen LogP contribution is 2.16. The lowest BCUT2D eigenvalue weighted by atomic mass is 10.0. The molecule has 1 atom stereocenters. The van der Waals surface area contributed by atoms with E-state index in [1.165, 1.54) is 19.1 Å². The maximum Gasteiger partial charge on any atom is 0.242 e. The van der Waals surface area contributed by atoms with Gasteiger partial charge in [0.05, 0.1) is 4.90 Å². The van der Waals surface area contributed by atoms with E-state index in [-0.39, 0.29) is 16.6 Å². The summed E-state index contributed by atoms with van der Waals surface area (Å²) in [5, 5.41) is 2.71. The van der Waals surface area contributed by atoms with E-state index in [0.29, 0.717) is 17.7 Å². The molecular weight excluding hydrogens is 376 g/mol. The Bertz CT molecular complexity index is 951. The zero-order valence-electron chi connectivity index (χ0n) is 16.5. The van der Waals surface area contributed by atoms with Crippen LogP contribution in [0.2, 0.25) is 0 Å². The first-order valence-corrected chi connectivity index (χ1v) is 10.6. The van der Waals surface area contributed by atoms with Crippen LogP contribution in [-0.2, 0) is 14.8 Å². The molecule has 0 aliphatic carbocycles. The van der Waals surface area contributed by atoms with Crippen LogP contribution >= 0.6 is 0 Å². The number of anilines is 1. The Morgan fingerprint density at radius 1 is 1.04 bits per heavy atom. The Labute approximate surface area is 166 Å². The van der Waals surface area contributed by atoms with Gasteiger partial charge in [0.1, 0.15) is 6.04 Å². The Balaban J connectivity index is 2.22. The van der Waals surface area contributed by atoms with E-state index in [2.05, 4.69) is 10.0 Å². The van der Waals surface area contributed by atoms with Gasteiger partial charge in [-0.25, -0.2) is 8.42 Å². The van der Waals surface area contributed by atoms with Crippen LogP contribution in [0.15, 0.2) is 53.4 Å². The molecule has 0 saturated carbocycles. The lowest BCUT2D eigenvalue weighted by molar-refractivity contribution is -0.118. The highest BCUT2D eigenvalue weighted by Gasteiger charge is 2.26. The van der Waals surface area contributed by atoms with E-state index in [9.17, 15) is 18.0 Å². The minimum atomic E-state index is -3.85. The Kier molecular flexibility index (Phi) is 7.10. The van der Waals surface area contributed by atoms with Crippen molar-refractivity contribution in [3.63, 3.8) is 0 Å². The van der Waals surface area contributed by atoms with Crippen molar-refractivity contribution in [3.05, 3.63) is 59.7 Å². The van der Waals surface area contributed by atoms with E-state index in [0.717, 1.165) is 5.56 Å². The lowest BCUT2D eigenvalue weighted by Gasteiger charge is -2.20. The van der Waals surface area contributed by atoms with Gasteiger partial charge in [0.25, 0.3) is 0 Å². The Hall–Kier alpha value is -2.51. The van der Waals surface area contributed by atoms with Crippen LogP contribution in [-0.4, -0.2) is 26.2 Å². The number of carbonyl (C=O) groups is 2. The van der Waals surface area contributed by atoms with Gasteiger partial charge >= 0.3 is 0 Å². The van der Waals surface area contributed by atoms with E-state index >= 15 is 0 Å². The van der Waals surface area contributed by atoms with E-state index in [1.807, 2.05) is 20.8 Å². The second kappa shape index (κ2) is 9.12. The van der Waals surface area contributed by atoms with Crippen LogP contribution < -0.4 is 10.0 Å². The smallest absolute Gasteiger partial charge is 0.242 e. The summed E-state index contributed by atoms with van der Waals surface area (Å²) in [6.07, 6.45) is 0.337. The molecule has 0 saturated heterocycles. The number of aryl methyl sites for hydroxylation is 1. The quantitative estimate of drug-likeness (QED) is 0.661. The molecule has 0 heterocycles. The molecular formula is C21H26N2O4S. The number of rotatable bonds is 8. The topological polar surface area (TPSA) is 92.3 Å². The van der Waals surface area contributed by atoms with Gasteiger partial charge in [0.2, 0.25) is 15.9 Å². The summed E-state index contributed by atoms with van der Waals surface area (Å²) >= 11 is 0. The predicted molar refractivity (Wildman–Crippen MR) is 110 cm³/mol. The van der Waals surface area contributed by atoms with Crippen molar-refractivity contribution < 1.29 is 18.0 Å². The molecule has 150 valence electrons. The molecule has 0 spiro atoms. The number of sulfonamides is 1. The van der Waals surface area contributed by atoms with Crippen molar-refractivity contribution >= 4 is 27.4 Å². The minimum Gasteiger partial charge on any atom is -0.325 e. The summed E-state index contributed by atoms with van der Waals surface area (Å²) in [7, 11) is -3.85. The first kappa shape index (κ1) is 21.8. The van der Waals surface area contributed by atoms with Crippen molar-refractivity contribution in [1.29, 1.82) is 0 Å². The highest BCUT2D eigenvalue weighted by molar-refractivity contribution is 7.89. The maximum absolute atomic E-state index is 12.8. The van der Waals surface area contributed by atoms with E-state index in [1.54, 1.807) is 36.4 Å². The van der Waals surface area contributed by atoms with Crippen molar-refractivity contribution in [2.45, 2.75) is 45.1 Å². The number of ketones is 1. The van der Waals surface area contributed by atoms with Crippen LogP contribution in [0.5, 0.6) is 0 Å². The zero-order chi connectivity index (χ0) is 20.9. The molecule has 6 nitrogen and oxygen atoms in total. The number of nitrogens with one attached hydrogen (secondary N) is 2. The van der Waals surface area contributed by atoms with Crippen LogP contribution in [0, 0.1) is 12.8 Å². The van der Waals surface area contributed by atoms with Crippen molar-refractivity contribution in [3.8, 4) is 0 Å². The van der Waals surface area contributed by atoms with E-state index in [4.69, 9.17) is 0 Å². The summed E-state index contributed by atoms with van der Waals surface area (Å²) in [5.41, 5.74) is 1.86. The number of hydrogen-bond acceptors (Lipinski definition) is 4. The highest BCUT2D eigenvalue weighted by atomic mass is 32.2. The maximum atomic E-state index is 12.8. The molecule has 2 aromatic rings. The van der Waals surface area contributed by atoms with Gasteiger partial charge in [-0.3, -0.25) is 9.59 Å². The molecule has 0 fully saturated rings. The molecule has 0 unspecified atom stereocenters. The standard InChI is InChI=1S/C21H26N2O4S/c1-14(2)12-20(23-28(26,27)19-10-8-15(3)9-11-19)21(25)22-18-7-5-6-17(13-18)16(4)24/h5-11,13-14,20,23H,12H2,1-4H3,(H,22,25)/t20-/m0/s1. The second-order valence-corrected chi connectivity index (χ2v) is 8.96. The lowest BCUT2D eigenvalue weighted by Crippen LogP contribution is -2.44. The summed E-state index contributed by atoms with van der Waals surface area (Å²) < 4.78 is 27.9. The average Bonchev–Trinajstić information content (AvgIpc) is 2.61. The molecule has 0 aliphatic rings. The normalized spacial score (nSPS) is 12.6. The van der Waals surface area contributed by atoms with Gasteiger partial charge in [-0.1, -0.05) is 43.7 Å². The van der Waals surface area contributed by atoms with E-state index < -0.39 is 22.0 Å². The molecule has 28 heavy (non-hydrogen) atoms. The fraction of sp³-hybridized carbons (Fsp3) is 0.333. The monoisotopic (exact) mass is 402 g/mol. The summed E-state index contributed by atoms with van der Waals surface area (Å²) in [4.78, 5) is 24.4. The first-order chi connectivity index (χ1) is 13.1. The van der Waals surface area contributed by atoms with Crippen LogP contribution in [0.1, 0.15) is 43.1 Å².